The Kier molecular flexibility index (Phi) is 5.78. The van der Waals surface area contributed by atoms with E-state index in [1.54, 1.807) is 29.2 Å². The maximum atomic E-state index is 12.5. The number of carbonyl (C=O) groups excluding carboxylic acids is 2. The van der Waals surface area contributed by atoms with Crippen molar-refractivity contribution in [2.45, 2.75) is 6.92 Å². The Labute approximate surface area is 164 Å². The molecule has 0 aliphatic heterocycles. The fraction of sp³-hybridized carbons (Fsp3) is 0.0526. The molecule has 0 aliphatic rings. The molecule has 142 valence electrons. The lowest BCUT2D eigenvalue weighted by Crippen LogP contribution is -2.19. The summed E-state index contributed by atoms with van der Waals surface area (Å²) in [5.41, 5.74) is 3.91. The quantitative estimate of drug-likeness (QED) is 0.257. The summed E-state index contributed by atoms with van der Waals surface area (Å²) in [7, 11) is 0. The van der Waals surface area contributed by atoms with Crippen molar-refractivity contribution in [2.75, 3.05) is 10.6 Å². The molecule has 0 atom stereocenters. The van der Waals surface area contributed by atoms with Gasteiger partial charge in [0.05, 0.1) is 5.69 Å². The van der Waals surface area contributed by atoms with Crippen LogP contribution in [0.4, 0.5) is 11.5 Å². The molecule has 3 aromatic rings. The van der Waals surface area contributed by atoms with Crippen LogP contribution in [0.2, 0.25) is 0 Å². The molecule has 2 amide bonds. The summed E-state index contributed by atoms with van der Waals surface area (Å²) in [6.45, 7) is 1.90. The number of rotatable bonds is 5. The van der Waals surface area contributed by atoms with Crippen LogP contribution in [0.25, 0.3) is 0 Å². The maximum absolute atomic E-state index is 12.5. The second-order valence-corrected chi connectivity index (χ2v) is 6.77. The number of anilines is 2. The number of pyridine rings is 1. The van der Waals surface area contributed by atoms with Crippen LogP contribution in [0.5, 0.6) is 0 Å². The largest absolute Gasteiger partial charge is 0.320 e. The number of amidine groups is 1. The van der Waals surface area contributed by atoms with E-state index < -0.39 is 5.91 Å². The number of thiophene rings is 1. The smallest absolute Gasteiger partial charge is 0.269 e. The minimum Gasteiger partial charge on any atom is -0.320 e. The summed E-state index contributed by atoms with van der Waals surface area (Å²) in [5, 5.41) is 23.4. The van der Waals surface area contributed by atoms with Gasteiger partial charge in [-0.1, -0.05) is 18.2 Å². The van der Waals surface area contributed by atoms with Gasteiger partial charge in [0, 0.05) is 17.3 Å². The Morgan fingerprint density at radius 3 is 2.36 bits per heavy atom. The minimum atomic E-state index is -0.393. The Hall–Kier alpha value is -3.56. The van der Waals surface area contributed by atoms with E-state index in [1.807, 2.05) is 13.0 Å². The summed E-state index contributed by atoms with van der Waals surface area (Å²) in [5.74, 6) is -0.499. The number of nitrogens with zero attached hydrogens (tertiary/aromatic N) is 1. The average molecular weight is 395 g/mol. The summed E-state index contributed by atoms with van der Waals surface area (Å²) in [6, 6.07) is 11.3. The third kappa shape index (κ3) is 4.40. The average Bonchev–Trinajstić information content (AvgIpc) is 3.17. The number of hydrogen-bond donors (Lipinski definition) is 5. The van der Waals surface area contributed by atoms with Gasteiger partial charge in [0.2, 0.25) is 0 Å². The second-order valence-electron chi connectivity index (χ2n) is 5.86. The molecule has 8 nitrogen and oxygen atoms in total. The standard InChI is InChI=1S/C19H17N5O3S/c1-11-2-7-15(21-10-11)23-19(26)16-14(8-9-28-16)22-18(25)13-5-3-12(4-6-13)17(20)24-27/h2-10,27H,1H3,(H2,20,24)(H,22,25)(H,21,23,26). The predicted octanol–water partition coefficient (Wildman–Crippen LogP) is 3.26. The highest BCUT2D eigenvalue weighted by Crippen LogP contribution is 2.24. The fourth-order valence-corrected chi connectivity index (χ4v) is 3.09. The van der Waals surface area contributed by atoms with Crippen molar-refractivity contribution in [3.8, 4) is 0 Å². The third-order valence-corrected chi connectivity index (χ3v) is 4.73. The van der Waals surface area contributed by atoms with E-state index in [4.69, 9.17) is 10.6 Å². The van der Waals surface area contributed by atoms with Crippen molar-refractivity contribution < 1.29 is 14.8 Å². The van der Waals surface area contributed by atoms with Gasteiger partial charge in [-0.05, 0) is 42.1 Å². The minimum absolute atomic E-state index is 0.173. The van der Waals surface area contributed by atoms with Gasteiger partial charge in [0.25, 0.3) is 11.8 Å². The molecule has 0 spiro atoms. The van der Waals surface area contributed by atoms with Crippen LogP contribution >= 0.6 is 11.3 Å². The molecule has 0 saturated heterocycles. The van der Waals surface area contributed by atoms with E-state index in [0.29, 0.717) is 27.5 Å². The lowest BCUT2D eigenvalue weighted by molar-refractivity contribution is 0.102. The molecule has 1 aromatic carbocycles. The van der Waals surface area contributed by atoms with E-state index in [1.165, 1.54) is 35.6 Å². The van der Waals surface area contributed by atoms with Crippen LogP contribution in [0.15, 0.2) is 54.0 Å². The van der Waals surface area contributed by atoms with Crippen molar-refractivity contribution in [1.29, 1.82) is 5.41 Å². The molecule has 0 saturated carbocycles. The Balaban J connectivity index is 1.71. The second kappa shape index (κ2) is 8.42. The van der Waals surface area contributed by atoms with Crippen LogP contribution in [0.1, 0.15) is 31.2 Å². The molecule has 0 unspecified atom stereocenters. The number of benzene rings is 1. The number of hydroxylamine groups is 1. The van der Waals surface area contributed by atoms with E-state index >= 15 is 0 Å². The predicted molar refractivity (Wildman–Crippen MR) is 107 cm³/mol. The van der Waals surface area contributed by atoms with E-state index in [0.717, 1.165) is 5.56 Å². The number of nitrogens with one attached hydrogen (secondary N) is 4. The van der Waals surface area contributed by atoms with Crippen molar-refractivity contribution in [2.24, 2.45) is 0 Å². The molecule has 0 fully saturated rings. The highest BCUT2D eigenvalue weighted by Gasteiger charge is 2.17. The first kappa shape index (κ1) is 19.2. The van der Waals surface area contributed by atoms with Gasteiger partial charge in [0.15, 0.2) is 0 Å². The topological polar surface area (TPSA) is 127 Å². The molecule has 9 heteroatoms. The number of hydrogen-bond acceptors (Lipinski definition) is 6. The molecule has 3 rings (SSSR count). The molecule has 28 heavy (non-hydrogen) atoms. The van der Waals surface area contributed by atoms with Crippen LogP contribution in [0, 0.1) is 12.3 Å². The Morgan fingerprint density at radius 1 is 1.00 bits per heavy atom. The number of carbonyl (C=O) groups is 2. The highest BCUT2D eigenvalue weighted by molar-refractivity contribution is 7.12. The van der Waals surface area contributed by atoms with Gasteiger partial charge in [0.1, 0.15) is 16.5 Å². The van der Waals surface area contributed by atoms with Crippen LogP contribution in [-0.2, 0) is 0 Å². The fourth-order valence-electron chi connectivity index (χ4n) is 2.35. The highest BCUT2D eigenvalue weighted by atomic mass is 32.1. The molecule has 0 radical (unpaired) electrons. The monoisotopic (exact) mass is 395 g/mol. The van der Waals surface area contributed by atoms with Crippen molar-refractivity contribution in [1.82, 2.24) is 10.5 Å². The summed E-state index contributed by atoms with van der Waals surface area (Å²) < 4.78 is 0. The maximum Gasteiger partial charge on any atom is 0.269 e. The molecule has 5 N–H and O–H groups in total. The normalized spacial score (nSPS) is 10.2. The first-order valence-electron chi connectivity index (χ1n) is 8.20. The van der Waals surface area contributed by atoms with Gasteiger partial charge < -0.3 is 10.6 Å². The lowest BCUT2D eigenvalue weighted by atomic mass is 10.1. The molecule has 2 heterocycles. The number of aryl methyl sites for hydroxylation is 1. The van der Waals surface area contributed by atoms with Gasteiger partial charge >= 0.3 is 0 Å². The van der Waals surface area contributed by atoms with Gasteiger partial charge in [-0.15, -0.1) is 11.3 Å². The molecular weight excluding hydrogens is 378 g/mol. The third-order valence-electron chi connectivity index (χ3n) is 3.82. The Bertz CT molecular complexity index is 1010. The van der Waals surface area contributed by atoms with Crippen molar-refractivity contribution in [3.63, 3.8) is 0 Å². The first-order chi connectivity index (χ1) is 13.5. The first-order valence-corrected chi connectivity index (χ1v) is 9.08. The number of aromatic nitrogens is 1. The van der Waals surface area contributed by atoms with Crippen molar-refractivity contribution in [3.05, 3.63) is 75.6 Å². The summed E-state index contributed by atoms with van der Waals surface area (Å²) >= 11 is 1.21. The van der Waals surface area contributed by atoms with Gasteiger partial charge in [-0.2, -0.15) is 0 Å². The molecule has 2 aromatic heterocycles. The number of amides is 2. The summed E-state index contributed by atoms with van der Waals surface area (Å²) in [6.07, 6.45) is 1.66. The van der Waals surface area contributed by atoms with E-state index in [2.05, 4.69) is 15.6 Å². The molecule has 0 bridgehead atoms. The van der Waals surface area contributed by atoms with Crippen molar-refractivity contribution >= 4 is 40.5 Å². The Morgan fingerprint density at radius 2 is 1.71 bits per heavy atom. The van der Waals surface area contributed by atoms with Gasteiger partial charge in [-0.3, -0.25) is 25.7 Å². The van der Waals surface area contributed by atoms with Crippen LogP contribution in [-0.4, -0.2) is 27.8 Å². The molecular formula is C19H17N5O3S. The van der Waals surface area contributed by atoms with E-state index in [9.17, 15) is 9.59 Å². The zero-order valence-corrected chi connectivity index (χ0v) is 15.6. The lowest BCUT2D eigenvalue weighted by Gasteiger charge is -2.08. The van der Waals surface area contributed by atoms with Gasteiger partial charge in [-0.25, -0.2) is 4.98 Å². The zero-order valence-electron chi connectivity index (χ0n) is 14.8. The zero-order chi connectivity index (χ0) is 20.1. The van der Waals surface area contributed by atoms with E-state index in [-0.39, 0.29) is 11.7 Å². The van der Waals surface area contributed by atoms with Crippen LogP contribution in [0.3, 0.4) is 0 Å². The summed E-state index contributed by atoms with van der Waals surface area (Å²) in [4.78, 5) is 29.5. The molecule has 0 aliphatic carbocycles. The van der Waals surface area contributed by atoms with Crippen LogP contribution < -0.4 is 16.1 Å². The SMILES string of the molecule is Cc1ccc(NC(=O)c2sccc2NC(=O)c2ccc(C(=N)NO)cc2)nc1.